The van der Waals surface area contributed by atoms with E-state index < -0.39 is 0 Å². The molecular formula is C14H20ClN3O2. The normalized spacial score (nSPS) is 17.2. The van der Waals surface area contributed by atoms with Gasteiger partial charge in [0.1, 0.15) is 0 Å². The first-order valence-electron chi connectivity index (χ1n) is 6.68. The largest absolute Gasteiger partial charge is 0.409 e. The minimum atomic E-state index is 0.0475. The first kappa shape index (κ1) is 15.1. The number of hydrogen-bond acceptors (Lipinski definition) is 4. The molecule has 6 heteroatoms. The van der Waals surface area contributed by atoms with E-state index in [0.717, 1.165) is 18.5 Å². The second kappa shape index (κ2) is 6.43. The molecule has 0 saturated heterocycles. The number of nitrogens with zero attached hydrogens (tertiary/aromatic N) is 1. The smallest absolute Gasteiger partial charge is 0.170 e. The van der Waals surface area contributed by atoms with Crippen LogP contribution in [0.15, 0.2) is 23.4 Å². The van der Waals surface area contributed by atoms with Gasteiger partial charge >= 0.3 is 0 Å². The average molecular weight is 298 g/mol. The Morgan fingerprint density at radius 1 is 1.45 bits per heavy atom. The topological polar surface area (TPSA) is 90.9 Å². The Balaban J connectivity index is 1.90. The van der Waals surface area contributed by atoms with Gasteiger partial charge in [0.25, 0.3) is 0 Å². The molecule has 5 nitrogen and oxygen atoms in total. The van der Waals surface area contributed by atoms with E-state index in [1.807, 2.05) is 6.07 Å². The minimum Gasteiger partial charge on any atom is -0.409 e. The van der Waals surface area contributed by atoms with Gasteiger partial charge in [-0.05, 0) is 36.3 Å². The van der Waals surface area contributed by atoms with E-state index in [0.29, 0.717) is 17.1 Å². The summed E-state index contributed by atoms with van der Waals surface area (Å²) in [7, 11) is 0. The molecule has 1 aromatic carbocycles. The first-order chi connectivity index (χ1) is 9.60. The number of aliphatic hydroxyl groups is 1. The first-order valence-corrected chi connectivity index (χ1v) is 7.06. The maximum atomic E-state index is 9.02. The Labute approximate surface area is 123 Å². The highest BCUT2D eigenvalue weighted by molar-refractivity contribution is 6.31. The van der Waals surface area contributed by atoms with Crippen LogP contribution < -0.4 is 11.1 Å². The number of nitrogens with two attached hydrogens (primary N) is 1. The molecule has 1 aromatic rings. The molecule has 0 aromatic heterocycles. The van der Waals surface area contributed by atoms with Crippen molar-refractivity contribution in [3.05, 3.63) is 34.3 Å². The van der Waals surface area contributed by atoms with Crippen molar-refractivity contribution in [2.24, 2.45) is 16.3 Å². The van der Waals surface area contributed by atoms with Crippen LogP contribution in [0.1, 0.15) is 30.4 Å². The van der Waals surface area contributed by atoms with Gasteiger partial charge in [0.2, 0.25) is 0 Å². The lowest BCUT2D eigenvalue weighted by Crippen LogP contribution is -2.24. The number of benzene rings is 1. The number of halogens is 1. The number of hydrogen-bond donors (Lipinski definition) is 4. The molecule has 1 saturated carbocycles. The van der Waals surface area contributed by atoms with Gasteiger partial charge in [-0.25, -0.2) is 0 Å². The molecule has 1 fully saturated rings. The van der Waals surface area contributed by atoms with Gasteiger partial charge < -0.3 is 21.4 Å². The highest BCUT2D eigenvalue weighted by atomic mass is 35.5. The molecule has 0 atom stereocenters. The highest BCUT2D eigenvalue weighted by Gasteiger charge is 2.41. The number of rotatable bonds is 7. The lowest BCUT2D eigenvalue weighted by molar-refractivity contribution is 0.245. The van der Waals surface area contributed by atoms with Crippen molar-refractivity contribution in [3.8, 4) is 0 Å². The maximum absolute atomic E-state index is 9.02. The van der Waals surface area contributed by atoms with Gasteiger partial charge in [0, 0.05) is 30.3 Å². The second-order valence-corrected chi connectivity index (χ2v) is 5.78. The quantitative estimate of drug-likeness (QED) is 0.267. The summed E-state index contributed by atoms with van der Waals surface area (Å²) in [5, 5.41) is 24.6. The fourth-order valence-corrected chi connectivity index (χ4v) is 2.55. The van der Waals surface area contributed by atoms with Gasteiger partial charge in [-0.15, -0.1) is 0 Å². The van der Waals surface area contributed by atoms with E-state index in [-0.39, 0.29) is 17.9 Å². The highest BCUT2D eigenvalue weighted by Crippen LogP contribution is 2.47. The summed E-state index contributed by atoms with van der Waals surface area (Å²) in [6.45, 7) is 1.81. The molecule has 0 bridgehead atoms. The van der Waals surface area contributed by atoms with Crippen molar-refractivity contribution < 1.29 is 10.3 Å². The van der Waals surface area contributed by atoms with Crippen LogP contribution in [0.2, 0.25) is 5.02 Å². The summed E-state index contributed by atoms with van der Waals surface area (Å²) >= 11 is 6.19. The average Bonchev–Trinajstić information content (AvgIpc) is 3.20. The third-order valence-electron chi connectivity index (χ3n) is 3.87. The predicted octanol–water partition coefficient (Wildman–Crippen LogP) is 1.69. The van der Waals surface area contributed by atoms with Crippen LogP contribution in [0.4, 0.5) is 0 Å². The molecule has 0 radical (unpaired) electrons. The van der Waals surface area contributed by atoms with Crippen LogP contribution in [0.5, 0.6) is 0 Å². The maximum Gasteiger partial charge on any atom is 0.170 e. The predicted molar refractivity (Wildman–Crippen MR) is 79.0 cm³/mol. The van der Waals surface area contributed by atoms with Crippen molar-refractivity contribution in [1.29, 1.82) is 0 Å². The van der Waals surface area contributed by atoms with Crippen LogP contribution >= 0.6 is 11.6 Å². The van der Waals surface area contributed by atoms with Gasteiger partial charge in [-0.3, -0.25) is 0 Å². The van der Waals surface area contributed by atoms with Gasteiger partial charge in [-0.1, -0.05) is 28.9 Å². The summed E-state index contributed by atoms with van der Waals surface area (Å²) in [5.41, 5.74) is 7.37. The van der Waals surface area contributed by atoms with E-state index in [9.17, 15) is 0 Å². The number of oxime groups is 1. The van der Waals surface area contributed by atoms with Gasteiger partial charge in [0.05, 0.1) is 0 Å². The van der Waals surface area contributed by atoms with Crippen LogP contribution in [-0.4, -0.2) is 29.3 Å². The molecule has 0 amide bonds. The Hall–Kier alpha value is -1.30. The zero-order valence-corrected chi connectivity index (χ0v) is 12.0. The minimum absolute atomic E-state index is 0.0475. The van der Waals surface area contributed by atoms with Gasteiger partial charge in [0.15, 0.2) is 5.84 Å². The monoisotopic (exact) mass is 297 g/mol. The second-order valence-electron chi connectivity index (χ2n) is 5.37. The Kier molecular flexibility index (Phi) is 4.86. The molecule has 0 heterocycles. The Morgan fingerprint density at radius 2 is 2.20 bits per heavy atom. The molecule has 1 aliphatic carbocycles. The fourth-order valence-electron chi connectivity index (χ4n) is 2.30. The van der Waals surface area contributed by atoms with Crippen LogP contribution in [0.3, 0.4) is 0 Å². The summed E-state index contributed by atoms with van der Waals surface area (Å²) in [5.74, 6) is 0.0475. The van der Waals surface area contributed by atoms with Crippen molar-refractivity contribution >= 4 is 17.4 Å². The molecule has 1 aliphatic rings. The van der Waals surface area contributed by atoms with Crippen molar-refractivity contribution in [2.75, 3.05) is 13.2 Å². The van der Waals surface area contributed by atoms with Crippen molar-refractivity contribution in [3.63, 3.8) is 0 Å². The zero-order chi connectivity index (χ0) is 14.6. The lowest BCUT2D eigenvalue weighted by Gasteiger charge is -2.15. The van der Waals surface area contributed by atoms with Gasteiger partial charge in [-0.2, -0.15) is 0 Å². The Bertz CT molecular complexity index is 501. The fraction of sp³-hybridized carbons (Fsp3) is 0.500. The van der Waals surface area contributed by atoms with E-state index in [2.05, 4.69) is 10.5 Å². The van der Waals surface area contributed by atoms with E-state index in [4.69, 9.17) is 27.6 Å². The summed E-state index contributed by atoms with van der Waals surface area (Å²) < 4.78 is 0. The molecule has 110 valence electrons. The third kappa shape index (κ3) is 3.62. The molecule has 0 aliphatic heterocycles. The number of nitrogens with one attached hydrogen (secondary N) is 1. The summed E-state index contributed by atoms with van der Waals surface area (Å²) in [6, 6.07) is 5.33. The summed E-state index contributed by atoms with van der Waals surface area (Å²) in [4.78, 5) is 0. The zero-order valence-electron chi connectivity index (χ0n) is 11.3. The van der Waals surface area contributed by atoms with E-state index >= 15 is 0 Å². The van der Waals surface area contributed by atoms with E-state index in [1.54, 1.807) is 12.1 Å². The molecular weight excluding hydrogens is 278 g/mol. The Morgan fingerprint density at radius 3 is 2.75 bits per heavy atom. The van der Waals surface area contributed by atoms with Crippen molar-refractivity contribution in [2.45, 2.75) is 25.8 Å². The SMILES string of the molecule is N/C(=N/O)c1ccc(CNCC2(CCO)CC2)c(Cl)c1. The van der Waals surface area contributed by atoms with Crippen LogP contribution in [0.25, 0.3) is 0 Å². The molecule has 5 N–H and O–H groups in total. The standard InChI is InChI=1S/C14H20ClN3O2/c15-12-7-10(13(16)18-20)1-2-11(12)8-17-9-14(3-4-14)5-6-19/h1-2,7,17,19-20H,3-6,8-9H2,(H2,16,18). The number of aliphatic hydroxyl groups excluding tert-OH is 1. The number of amidine groups is 1. The molecule has 20 heavy (non-hydrogen) atoms. The summed E-state index contributed by atoms with van der Waals surface area (Å²) in [6.07, 6.45) is 3.21. The molecule has 2 rings (SSSR count). The lowest BCUT2D eigenvalue weighted by atomic mass is 10.0. The van der Waals surface area contributed by atoms with Crippen LogP contribution in [0, 0.1) is 5.41 Å². The van der Waals surface area contributed by atoms with Crippen molar-refractivity contribution in [1.82, 2.24) is 5.32 Å². The van der Waals surface area contributed by atoms with E-state index in [1.165, 1.54) is 12.8 Å². The third-order valence-corrected chi connectivity index (χ3v) is 4.22. The van der Waals surface area contributed by atoms with Crippen LogP contribution in [-0.2, 0) is 6.54 Å². The molecule has 0 spiro atoms. The molecule has 0 unspecified atom stereocenters.